The van der Waals surface area contributed by atoms with Crippen molar-refractivity contribution >= 4 is 34.9 Å². The largest absolute Gasteiger partial charge is 0.497 e. The van der Waals surface area contributed by atoms with Crippen LogP contribution in [-0.4, -0.2) is 31.1 Å². The van der Waals surface area contributed by atoms with E-state index < -0.39 is 11.6 Å². The second-order valence-corrected chi connectivity index (χ2v) is 8.53. The summed E-state index contributed by atoms with van der Waals surface area (Å²) in [5.74, 6) is 0.961. The third-order valence-corrected chi connectivity index (χ3v) is 6.31. The first-order valence-corrected chi connectivity index (χ1v) is 10.3. The number of methoxy groups -OCH3 is 2. The quantitative estimate of drug-likeness (QED) is 0.574. The van der Waals surface area contributed by atoms with Crippen LogP contribution in [0.25, 0.3) is 0 Å². The fourth-order valence-corrected chi connectivity index (χ4v) is 4.63. The third kappa shape index (κ3) is 3.40. The summed E-state index contributed by atoms with van der Waals surface area (Å²) in [5.41, 5.74) is -0.0755. The molecule has 3 aromatic rings. The van der Waals surface area contributed by atoms with Crippen LogP contribution in [0.15, 0.2) is 60.7 Å². The first-order chi connectivity index (χ1) is 14.5. The molecule has 0 spiro atoms. The molecule has 1 N–H and O–H groups in total. The van der Waals surface area contributed by atoms with Crippen LogP contribution in [-0.2, 0) is 16.9 Å². The van der Waals surface area contributed by atoms with Crippen LogP contribution in [0.1, 0.15) is 16.0 Å². The van der Waals surface area contributed by atoms with Crippen LogP contribution >= 0.6 is 22.9 Å². The highest BCUT2D eigenvalue weighted by molar-refractivity contribution is 7.16. The smallest absolute Gasteiger partial charge is 0.325 e. The zero-order valence-electron chi connectivity index (χ0n) is 16.3. The van der Waals surface area contributed by atoms with Gasteiger partial charge in [-0.15, -0.1) is 11.3 Å². The fraction of sp³-hybridized carbons (Fsp3) is 0.182. The standard InChI is InChI=1S/C22H19ClN2O4S/c1-28-16-7-3-14(4-8-16)22(15-5-9-17(29-2)10-6-15)20(26)25(21(27)24-22)13-18-11-12-19(23)30-18/h3-12H,13H2,1-2H3,(H,24,27). The van der Waals surface area contributed by atoms with E-state index in [1.807, 2.05) is 6.07 Å². The molecule has 6 nitrogen and oxygen atoms in total. The molecule has 30 heavy (non-hydrogen) atoms. The number of benzene rings is 2. The Balaban J connectivity index is 1.80. The lowest BCUT2D eigenvalue weighted by molar-refractivity contribution is -0.130. The molecule has 1 fully saturated rings. The highest BCUT2D eigenvalue weighted by atomic mass is 35.5. The topological polar surface area (TPSA) is 67.9 Å². The normalized spacial score (nSPS) is 15.2. The first-order valence-electron chi connectivity index (χ1n) is 9.15. The molecule has 2 heterocycles. The maximum atomic E-state index is 13.7. The van der Waals surface area contributed by atoms with Gasteiger partial charge in [0.15, 0.2) is 5.54 Å². The Labute approximate surface area is 183 Å². The Hall–Kier alpha value is -3.03. The van der Waals surface area contributed by atoms with E-state index in [4.69, 9.17) is 21.1 Å². The molecule has 0 saturated carbocycles. The van der Waals surface area contributed by atoms with Gasteiger partial charge >= 0.3 is 6.03 Å². The van der Waals surface area contributed by atoms with Gasteiger partial charge in [0.2, 0.25) is 0 Å². The second kappa shape index (κ2) is 8.01. The molecular formula is C22H19ClN2O4S. The number of nitrogens with one attached hydrogen (secondary N) is 1. The molecule has 1 aliphatic heterocycles. The van der Waals surface area contributed by atoms with E-state index in [9.17, 15) is 9.59 Å². The Morgan fingerprint density at radius 1 is 0.900 bits per heavy atom. The Kier molecular flexibility index (Phi) is 5.40. The lowest BCUT2D eigenvalue weighted by Gasteiger charge is -2.28. The van der Waals surface area contributed by atoms with Crippen LogP contribution in [0.4, 0.5) is 4.79 Å². The van der Waals surface area contributed by atoms with Crippen molar-refractivity contribution in [2.45, 2.75) is 12.1 Å². The van der Waals surface area contributed by atoms with Gasteiger partial charge in [0.1, 0.15) is 11.5 Å². The summed E-state index contributed by atoms with van der Waals surface area (Å²) in [6.45, 7) is 0.149. The number of carbonyl (C=O) groups excluding carboxylic acids is 2. The lowest BCUT2D eigenvalue weighted by atomic mass is 9.82. The van der Waals surface area contributed by atoms with Gasteiger partial charge in [0, 0.05) is 4.88 Å². The monoisotopic (exact) mass is 442 g/mol. The predicted octanol–water partition coefficient (Wildman–Crippen LogP) is 4.41. The first kappa shape index (κ1) is 20.3. The van der Waals surface area contributed by atoms with Crippen molar-refractivity contribution in [1.82, 2.24) is 10.2 Å². The minimum Gasteiger partial charge on any atom is -0.497 e. The summed E-state index contributed by atoms with van der Waals surface area (Å²) in [6.07, 6.45) is 0. The minimum absolute atomic E-state index is 0.149. The number of hydrogen-bond donors (Lipinski definition) is 1. The van der Waals surface area contributed by atoms with Crippen LogP contribution in [0.3, 0.4) is 0 Å². The van der Waals surface area contributed by atoms with E-state index in [1.54, 1.807) is 68.8 Å². The fourth-order valence-electron chi connectivity index (χ4n) is 3.55. The van der Waals surface area contributed by atoms with Crippen molar-refractivity contribution in [1.29, 1.82) is 0 Å². The summed E-state index contributed by atoms with van der Waals surface area (Å²) < 4.78 is 11.1. The zero-order chi connectivity index (χ0) is 21.3. The molecule has 0 radical (unpaired) electrons. The average Bonchev–Trinajstić information content (AvgIpc) is 3.30. The van der Waals surface area contributed by atoms with Crippen molar-refractivity contribution < 1.29 is 19.1 Å². The SMILES string of the molecule is COc1ccc(C2(c3ccc(OC)cc3)NC(=O)N(Cc3ccc(Cl)s3)C2=O)cc1. The van der Waals surface area contributed by atoms with E-state index >= 15 is 0 Å². The third-order valence-electron chi connectivity index (χ3n) is 5.09. The van der Waals surface area contributed by atoms with Crippen molar-refractivity contribution in [3.05, 3.63) is 81.0 Å². The van der Waals surface area contributed by atoms with E-state index in [1.165, 1.54) is 16.2 Å². The highest BCUT2D eigenvalue weighted by Crippen LogP contribution is 2.38. The maximum Gasteiger partial charge on any atom is 0.325 e. The summed E-state index contributed by atoms with van der Waals surface area (Å²) >= 11 is 7.35. The van der Waals surface area contributed by atoms with Crippen molar-refractivity contribution in [3.8, 4) is 11.5 Å². The molecule has 0 atom stereocenters. The molecule has 4 rings (SSSR count). The Morgan fingerprint density at radius 2 is 1.43 bits per heavy atom. The van der Waals surface area contributed by atoms with Gasteiger partial charge in [0.25, 0.3) is 5.91 Å². The number of ether oxygens (including phenoxy) is 2. The molecule has 2 aromatic carbocycles. The summed E-state index contributed by atoms with van der Waals surface area (Å²) in [7, 11) is 3.15. The molecule has 1 aliphatic rings. The molecule has 0 aliphatic carbocycles. The highest BCUT2D eigenvalue weighted by Gasteiger charge is 2.53. The van der Waals surface area contributed by atoms with Crippen molar-refractivity contribution in [3.63, 3.8) is 0 Å². The summed E-state index contributed by atoms with van der Waals surface area (Å²) in [6, 6.07) is 17.3. The molecular weight excluding hydrogens is 424 g/mol. The summed E-state index contributed by atoms with van der Waals surface area (Å²) in [4.78, 5) is 28.7. The number of rotatable bonds is 6. The van der Waals surface area contributed by atoms with Gasteiger partial charge in [-0.05, 0) is 47.5 Å². The van der Waals surface area contributed by atoms with Crippen molar-refractivity contribution in [2.24, 2.45) is 0 Å². The molecule has 0 unspecified atom stereocenters. The lowest BCUT2D eigenvalue weighted by Crippen LogP contribution is -2.45. The number of thiophene rings is 1. The number of amides is 3. The van der Waals surface area contributed by atoms with Gasteiger partial charge < -0.3 is 14.8 Å². The van der Waals surface area contributed by atoms with E-state index in [2.05, 4.69) is 5.32 Å². The van der Waals surface area contributed by atoms with Crippen LogP contribution in [0, 0.1) is 0 Å². The molecule has 3 amide bonds. The van der Waals surface area contributed by atoms with Crippen LogP contribution in [0.5, 0.6) is 11.5 Å². The number of imide groups is 1. The molecule has 8 heteroatoms. The number of hydrogen-bond acceptors (Lipinski definition) is 5. The van der Waals surface area contributed by atoms with Gasteiger partial charge in [-0.3, -0.25) is 9.69 Å². The summed E-state index contributed by atoms with van der Waals surface area (Å²) in [5, 5.41) is 2.93. The van der Waals surface area contributed by atoms with E-state index in [0.29, 0.717) is 27.0 Å². The van der Waals surface area contributed by atoms with Crippen LogP contribution < -0.4 is 14.8 Å². The van der Waals surface area contributed by atoms with Gasteiger partial charge in [-0.2, -0.15) is 0 Å². The number of carbonyl (C=O) groups is 2. The molecule has 1 saturated heterocycles. The van der Waals surface area contributed by atoms with E-state index in [-0.39, 0.29) is 12.5 Å². The number of halogens is 1. The number of nitrogens with zero attached hydrogens (tertiary/aromatic N) is 1. The molecule has 154 valence electrons. The Bertz CT molecular complexity index is 1030. The van der Waals surface area contributed by atoms with Gasteiger partial charge in [0.05, 0.1) is 25.1 Å². The molecule has 1 aromatic heterocycles. The van der Waals surface area contributed by atoms with Crippen molar-refractivity contribution in [2.75, 3.05) is 14.2 Å². The average molecular weight is 443 g/mol. The zero-order valence-corrected chi connectivity index (χ0v) is 17.9. The second-order valence-electron chi connectivity index (χ2n) is 6.73. The predicted molar refractivity (Wildman–Crippen MR) is 115 cm³/mol. The van der Waals surface area contributed by atoms with E-state index in [0.717, 1.165) is 4.88 Å². The minimum atomic E-state index is -1.35. The van der Waals surface area contributed by atoms with Gasteiger partial charge in [-0.25, -0.2) is 4.79 Å². The molecule has 0 bridgehead atoms. The number of urea groups is 1. The Morgan fingerprint density at radius 3 is 1.87 bits per heavy atom. The maximum absolute atomic E-state index is 13.7. The van der Waals surface area contributed by atoms with Gasteiger partial charge in [-0.1, -0.05) is 35.9 Å². The van der Waals surface area contributed by atoms with Crippen LogP contribution in [0.2, 0.25) is 4.34 Å².